The van der Waals surface area contributed by atoms with Crippen molar-refractivity contribution in [2.75, 3.05) is 11.9 Å². The SMILES string of the molecule is CC(C)=CCNc1ccc([N+](=O)[O-])cc1Cl. The third-order valence-corrected chi connectivity index (χ3v) is 2.28. The number of allylic oxidation sites excluding steroid dienone is 1. The van der Waals surface area contributed by atoms with Gasteiger partial charge in [0, 0.05) is 18.7 Å². The molecule has 5 heteroatoms. The molecule has 0 saturated heterocycles. The number of nitro groups is 1. The van der Waals surface area contributed by atoms with Crippen LogP contribution in [0.1, 0.15) is 13.8 Å². The molecule has 0 aliphatic carbocycles. The predicted molar refractivity (Wildman–Crippen MR) is 66.0 cm³/mol. The van der Waals surface area contributed by atoms with Crippen LogP contribution < -0.4 is 5.32 Å². The lowest BCUT2D eigenvalue weighted by molar-refractivity contribution is -0.384. The Bertz CT molecular complexity index is 426. The minimum absolute atomic E-state index is 0.00207. The molecule has 0 unspecified atom stereocenters. The molecule has 0 radical (unpaired) electrons. The van der Waals surface area contributed by atoms with Crippen LogP contribution in [-0.2, 0) is 0 Å². The molecule has 0 amide bonds. The minimum atomic E-state index is -0.467. The molecule has 0 fully saturated rings. The molecule has 1 aromatic carbocycles. The smallest absolute Gasteiger partial charge is 0.271 e. The van der Waals surface area contributed by atoms with E-state index < -0.39 is 4.92 Å². The zero-order valence-corrected chi connectivity index (χ0v) is 9.91. The Morgan fingerprint density at radius 2 is 2.25 bits per heavy atom. The van der Waals surface area contributed by atoms with Gasteiger partial charge in [0.2, 0.25) is 0 Å². The first-order valence-corrected chi connectivity index (χ1v) is 5.19. The van der Waals surface area contributed by atoms with E-state index in [4.69, 9.17) is 11.6 Å². The van der Waals surface area contributed by atoms with Crippen molar-refractivity contribution in [3.05, 3.63) is 45.0 Å². The summed E-state index contributed by atoms with van der Waals surface area (Å²) in [5.41, 5.74) is 1.90. The number of nitrogens with zero attached hydrogens (tertiary/aromatic N) is 1. The van der Waals surface area contributed by atoms with Crippen molar-refractivity contribution < 1.29 is 4.92 Å². The van der Waals surface area contributed by atoms with Gasteiger partial charge in [-0.2, -0.15) is 0 Å². The van der Waals surface area contributed by atoms with E-state index in [0.29, 0.717) is 17.3 Å². The molecule has 0 atom stereocenters. The Morgan fingerprint density at radius 1 is 1.56 bits per heavy atom. The van der Waals surface area contributed by atoms with E-state index in [-0.39, 0.29) is 5.69 Å². The van der Waals surface area contributed by atoms with E-state index >= 15 is 0 Å². The number of nitrogens with one attached hydrogen (secondary N) is 1. The zero-order valence-electron chi connectivity index (χ0n) is 9.16. The van der Waals surface area contributed by atoms with Crippen LogP contribution in [-0.4, -0.2) is 11.5 Å². The average Bonchev–Trinajstić information content (AvgIpc) is 2.19. The van der Waals surface area contributed by atoms with Crippen molar-refractivity contribution in [3.63, 3.8) is 0 Å². The molecule has 0 aromatic heterocycles. The fourth-order valence-electron chi connectivity index (χ4n) is 1.13. The van der Waals surface area contributed by atoms with Crippen molar-refractivity contribution in [2.24, 2.45) is 0 Å². The van der Waals surface area contributed by atoms with Crippen LogP contribution in [0.25, 0.3) is 0 Å². The van der Waals surface area contributed by atoms with Crippen molar-refractivity contribution in [2.45, 2.75) is 13.8 Å². The summed E-state index contributed by atoms with van der Waals surface area (Å²) < 4.78 is 0. The Hall–Kier alpha value is -1.55. The summed E-state index contributed by atoms with van der Waals surface area (Å²) in [6.07, 6.45) is 2.01. The first kappa shape index (κ1) is 12.5. The standard InChI is InChI=1S/C11H13ClN2O2/c1-8(2)5-6-13-11-4-3-9(14(15)16)7-10(11)12/h3-5,7,13H,6H2,1-2H3. The van der Waals surface area contributed by atoms with Gasteiger partial charge in [-0.05, 0) is 19.9 Å². The normalized spacial score (nSPS) is 9.69. The first-order chi connectivity index (χ1) is 7.50. The van der Waals surface area contributed by atoms with Crippen LogP contribution in [0.15, 0.2) is 29.8 Å². The molecule has 1 rings (SSSR count). The molecule has 86 valence electrons. The van der Waals surface area contributed by atoms with Crippen LogP contribution >= 0.6 is 11.6 Å². The van der Waals surface area contributed by atoms with Crippen LogP contribution in [0.4, 0.5) is 11.4 Å². The van der Waals surface area contributed by atoms with Gasteiger partial charge in [-0.15, -0.1) is 0 Å². The second kappa shape index (κ2) is 5.51. The summed E-state index contributed by atoms with van der Waals surface area (Å²) >= 11 is 5.90. The Kier molecular flexibility index (Phi) is 4.31. The number of halogens is 1. The maximum absolute atomic E-state index is 10.5. The maximum atomic E-state index is 10.5. The van der Waals surface area contributed by atoms with Crippen LogP contribution in [0.2, 0.25) is 5.02 Å². The first-order valence-electron chi connectivity index (χ1n) is 4.82. The fourth-order valence-corrected chi connectivity index (χ4v) is 1.37. The molecule has 1 aromatic rings. The summed E-state index contributed by atoms with van der Waals surface area (Å²) in [6.45, 7) is 4.65. The molecule has 1 N–H and O–H groups in total. The van der Waals surface area contributed by atoms with E-state index in [2.05, 4.69) is 5.32 Å². The monoisotopic (exact) mass is 240 g/mol. The van der Waals surface area contributed by atoms with Gasteiger partial charge in [0.1, 0.15) is 0 Å². The lowest BCUT2D eigenvalue weighted by Gasteiger charge is -2.05. The number of hydrogen-bond acceptors (Lipinski definition) is 3. The number of rotatable bonds is 4. The van der Waals surface area contributed by atoms with Crippen molar-refractivity contribution in [1.29, 1.82) is 0 Å². The van der Waals surface area contributed by atoms with Crippen LogP contribution in [0.3, 0.4) is 0 Å². The molecule has 4 nitrogen and oxygen atoms in total. The highest BCUT2D eigenvalue weighted by molar-refractivity contribution is 6.33. The summed E-state index contributed by atoms with van der Waals surface area (Å²) in [5.74, 6) is 0. The van der Waals surface area contributed by atoms with E-state index in [0.717, 1.165) is 0 Å². The van der Waals surface area contributed by atoms with Gasteiger partial charge in [-0.1, -0.05) is 23.3 Å². The third kappa shape index (κ3) is 3.55. The molecule has 0 heterocycles. The van der Waals surface area contributed by atoms with E-state index in [1.54, 1.807) is 6.07 Å². The maximum Gasteiger partial charge on any atom is 0.271 e. The summed E-state index contributed by atoms with van der Waals surface area (Å²) in [7, 11) is 0. The highest BCUT2D eigenvalue weighted by atomic mass is 35.5. The van der Waals surface area contributed by atoms with Gasteiger partial charge < -0.3 is 5.32 Å². The molecule has 0 spiro atoms. The average molecular weight is 241 g/mol. The molecule has 0 bridgehead atoms. The number of anilines is 1. The van der Waals surface area contributed by atoms with Crippen molar-refractivity contribution in [1.82, 2.24) is 0 Å². The Labute approximate surface area is 99.1 Å². The van der Waals surface area contributed by atoms with Crippen molar-refractivity contribution >= 4 is 23.0 Å². The molecule has 0 aliphatic rings. The molecule has 16 heavy (non-hydrogen) atoms. The second-order valence-corrected chi connectivity index (χ2v) is 3.99. The van der Waals surface area contributed by atoms with Crippen LogP contribution in [0, 0.1) is 10.1 Å². The second-order valence-electron chi connectivity index (χ2n) is 3.58. The highest BCUT2D eigenvalue weighted by Gasteiger charge is 2.08. The Balaban J connectivity index is 2.75. The molecular formula is C11H13ClN2O2. The number of hydrogen-bond donors (Lipinski definition) is 1. The molecular weight excluding hydrogens is 228 g/mol. The van der Waals surface area contributed by atoms with Crippen molar-refractivity contribution in [3.8, 4) is 0 Å². The number of benzene rings is 1. The largest absolute Gasteiger partial charge is 0.380 e. The predicted octanol–water partition coefficient (Wildman–Crippen LogP) is 3.63. The summed E-state index contributed by atoms with van der Waals surface area (Å²) in [4.78, 5) is 10.0. The zero-order chi connectivity index (χ0) is 12.1. The van der Waals surface area contributed by atoms with E-state index in [1.807, 2.05) is 19.9 Å². The third-order valence-electron chi connectivity index (χ3n) is 1.97. The van der Waals surface area contributed by atoms with Gasteiger partial charge in [-0.3, -0.25) is 10.1 Å². The van der Waals surface area contributed by atoms with E-state index in [1.165, 1.54) is 17.7 Å². The number of nitro benzene ring substituents is 1. The van der Waals surface area contributed by atoms with Gasteiger partial charge in [-0.25, -0.2) is 0 Å². The van der Waals surface area contributed by atoms with E-state index in [9.17, 15) is 10.1 Å². The van der Waals surface area contributed by atoms with Gasteiger partial charge >= 0.3 is 0 Å². The number of non-ortho nitro benzene ring substituents is 1. The molecule has 0 aliphatic heterocycles. The summed E-state index contributed by atoms with van der Waals surface area (Å²) in [5, 5.41) is 13.9. The van der Waals surface area contributed by atoms with Gasteiger partial charge in [0.15, 0.2) is 0 Å². The summed E-state index contributed by atoms with van der Waals surface area (Å²) in [6, 6.07) is 4.38. The van der Waals surface area contributed by atoms with Gasteiger partial charge in [0.05, 0.1) is 15.6 Å². The quantitative estimate of drug-likeness (QED) is 0.497. The topological polar surface area (TPSA) is 55.2 Å². The van der Waals surface area contributed by atoms with Crippen LogP contribution in [0.5, 0.6) is 0 Å². The lowest BCUT2D eigenvalue weighted by Crippen LogP contribution is -1.99. The fraction of sp³-hybridized carbons (Fsp3) is 0.273. The highest BCUT2D eigenvalue weighted by Crippen LogP contribution is 2.26. The van der Waals surface area contributed by atoms with Gasteiger partial charge in [0.25, 0.3) is 5.69 Å². The Morgan fingerprint density at radius 3 is 2.75 bits per heavy atom. The minimum Gasteiger partial charge on any atom is -0.380 e. The lowest BCUT2D eigenvalue weighted by atomic mass is 10.2. The molecule has 0 saturated carbocycles.